The molecule has 2 rings (SSSR count). The van der Waals surface area contributed by atoms with Crippen LogP contribution in [0.2, 0.25) is 0 Å². The van der Waals surface area contributed by atoms with Crippen LogP contribution in [-0.2, 0) is 5.75 Å². The van der Waals surface area contributed by atoms with E-state index in [0.717, 1.165) is 26.4 Å². The Balaban J connectivity index is 2.10. The Bertz CT molecular complexity index is 554. The van der Waals surface area contributed by atoms with Gasteiger partial charge >= 0.3 is 0 Å². The molecule has 0 saturated carbocycles. The van der Waals surface area contributed by atoms with E-state index in [4.69, 9.17) is 11.1 Å². The van der Waals surface area contributed by atoms with E-state index in [-0.39, 0.29) is 5.84 Å². The van der Waals surface area contributed by atoms with Crippen molar-refractivity contribution in [1.82, 2.24) is 4.98 Å². The molecule has 0 radical (unpaired) electrons. The zero-order valence-electron chi connectivity index (χ0n) is 9.56. The zero-order valence-corrected chi connectivity index (χ0v) is 12.0. The Morgan fingerprint density at radius 2 is 2.06 bits per heavy atom. The van der Waals surface area contributed by atoms with Gasteiger partial charge in [-0.05, 0) is 33.6 Å². The van der Waals surface area contributed by atoms with Crippen LogP contribution in [-0.4, -0.2) is 10.8 Å². The molecule has 0 fully saturated rings. The highest BCUT2D eigenvalue weighted by Gasteiger charge is 2.05. The quantitative estimate of drug-likeness (QED) is 0.515. The van der Waals surface area contributed by atoms with Gasteiger partial charge in [0.05, 0.1) is 5.03 Å². The molecule has 1 heterocycles. The number of nitrogen functional groups attached to an aromatic ring is 1. The molecule has 0 saturated heterocycles. The second-order valence-electron chi connectivity index (χ2n) is 3.67. The van der Waals surface area contributed by atoms with E-state index in [9.17, 15) is 0 Å². The first-order chi connectivity index (χ1) is 8.66. The van der Waals surface area contributed by atoms with Crippen molar-refractivity contribution in [3.63, 3.8) is 0 Å². The minimum absolute atomic E-state index is 0.106. The van der Waals surface area contributed by atoms with Crippen molar-refractivity contribution in [2.45, 2.75) is 10.8 Å². The molecule has 92 valence electrons. The molecular weight excluding hydrogens is 310 g/mol. The highest BCUT2D eigenvalue weighted by Crippen LogP contribution is 2.23. The number of aromatic nitrogens is 1. The fourth-order valence-electron chi connectivity index (χ4n) is 1.51. The van der Waals surface area contributed by atoms with Gasteiger partial charge in [-0.25, -0.2) is 4.98 Å². The van der Waals surface area contributed by atoms with Crippen molar-refractivity contribution in [3.05, 3.63) is 58.2 Å². The maximum absolute atomic E-state index is 7.53. The Kier molecular flexibility index (Phi) is 4.38. The van der Waals surface area contributed by atoms with E-state index >= 15 is 0 Å². The normalized spacial score (nSPS) is 10.3. The van der Waals surface area contributed by atoms with Crippen LogP contribution < -0.4 is 5.73 Å². The summed E-state index contributed by atoms with van der Waals surface area (Å²) in [5.74, 6) is 0.861. The summed E-state index contributed by atoms with van der Waals surface area (Å²) in [6, 6.07) is 11.6. The molecule has 0 aliphatic heterocycles. The molecule has 1 aromatic heterocycles. The Hall–Kier alpha value is -1.33. The number of hydrogen-bond acceptors (Lipinski definition) is 3. The van der Waals surface area contributed by atoms with Crippen LogP contribution in [0, 0.1) is 5.41 Å². The van der Waals surface area contributed by atoms with Gasteiger partial charge in [0.2, 0.25) is 0 Å². The third-order valence-electron chi connectivity index (χ3n) is 2.38. The predicted molar refractivity (Wildman–Crippen MR) is 79.0 cm³/mol. The maximum atomic E-state index is 7.53. The minimum atomic E-state index is 0.106. The lowest BCUT2D eigenvalue weighted by atomic mass is 10.1. The zero-order chi connectivity index (χ0) is 13.0. The van der Waals surface area contributed by atoms with Crippen molar-refractivity contribution in [2.24, 2.45) is 5.73 Å². The summed E-state index contributed by atoms with van der Waals surface area (Å²) in [5, 5.41) is 8.49. The van der Waals surface area contributed by atoms with Gasteiger partial charge in [0.25, 0.3) is 0 Å². The van der Waals surface area contributed by atoms with Crippen molar-refractivity contribution in [2.75, 3.05) is 0 Å². The van der Waals surface area contributed by atoms with Gasteiger partial charge in [-0.1, -0.05) is 24.3 Å². The summed E-state index contributed by atoms with van der Waals surface area (Å²) in [6.45, 7) is 0. The molecule has 0 spiro atoms. The molecule has 0 aliphatic rings. The molecule has 0 atom stereocenters. The molecule has 0 aliphatic carbocycles. The largest absolute Gasteiger partial charge is 0.384 e. The van der Waals surface area contributed by atoms with Crippen LogP contribution in [0.5, 0.6) is 0 Å². The summed E-state index contributed by atoms with van der Waals surface area (Å²) in [6.07, 6.45) is 1.78. The fourth-order valence-corrected chi connectivity index (χ4v) is 2.59. The molecule has 1 aromatic carbocycles. The Morgan fingerprint density at radius 1 is 1.28 bits per heavy atom. The molecule has 2 aromatic rings. The number of thioether (sulfide) groups is 1. The van der Waals surface area contributed by atoms with Crippen molar-refractivity contribution in [3.8, 4) is 0 Å². The van der Waals surface area contributed by atoms with E-state index in [2.05, 4.69) is 20.9 Å². The summed E-state index contributed by atoms with van der Waals surface area (Å²) in [4.78, 5) is 4.30. The second kappa shape index (κ2) is 6.02. The van der Waals surface area contributed by atoms with Crippen LogP contribution in [0.15, 0.2) is 52.1 Å². The monoisotopic (exact) mass is 321 g/mol. The average molecular weight is 322 g/mol. The third-order valence-corrected chi connectivity index (χ3v) is 3.85. The first kappa shape index (κ1) is 13.1. The maximum Gasteiger partial charge on any atom is 0.123 e. The van der Waals surface area contributed by atoms with Gasteiger partial charge in [0, 0.05) is 22.0 Å². The number of benzene rings is 1. The highest BCUT2D eigenvalue weighted by molar-refractivity contribution is 9.10. The van der Waals surface area contributed by atoms with Gasteiger partial charge in [-0.2, -0.15) is 0 Å². The van der Waals surface area contributed by atoms with E-state index in [0.29, 0.717) is 0 Å². The number of halogens is 1. The SMILES string of the molecule is N=C(N)c1ccccc1CSc1ccc(Br)cn1. The Morgan fingerprint density at radius 3 is 2.72 bits per heavy atom. The molecule has 18 heavy (non-hydrogen) atoms. The van der Waals surface area contributed by atoms with E-state index in [1.54, 1.807) is 18.0 Å². The number of nitrogens with two attached hydrogens (primary N) is 1. The van der Waals surface area contributed by atoms with Crippen LogP contribution in [0.1, 0.15) is 11.1 Å². The van der Waals surface area contributed by atoms with Crippen LogP contribution >= 0.6 is 27.7 Å². The van der Waals surface area contributed by atoms with Crippen LogP contribution in [0.3, 0.4) is 0 Å². The van der Waals surface area contributed by atoms with Crippen LogP contribution in [0.25, 0.3) is 0 Å². The first-order valence-electron chi connectivity index (χ1n) is 5.33. The molecule has 0 unspecified atom stereocenters. The lowest BCUT2D eigenvalue weighted by Gasteiger charge is -2.07. The van der Waals surface area contributed by atoms with Gasteiger partial charge < -0.3 is 5.73 Å². The number of amidine groups is 1. The number of nitrogens with one attached hydrogen (secondary N) is 1. The average Bonchev–Trinajstić information content (AvgIpc) is 2.38. The van der Waals surface area contributed by atoms with Gasteiger partial charge in [0.15, 0.2) is 0 Å². The number of pyridine rings is 1. The number of nitrogens with zero attached hydrogens (tertiary/aromatic N) is 1. The van der Waals surface area contributed by atoms with Gasteiger partial charge in [-0.15, -0.1) is 11.8 Å². The van der Waals surface area contributed by atoms with E-state index in [1.165, 1.54) is 0 Å². The van der Waals surface area contributed by atoms with E-state index < -0.39 is 0 Å². The molecule has 0 bridgehead atoms. The Labute approximate surface area is 118 Å². The first-order valence-corrected chi connectivity index (χ1v) is 7.11. The van der Waals surface area contributed by atoms with E-state index in [1.807, 2.05) is 36.4 Å². The fraction of sp³-hybridized carbons (Fsp3) is 0.0769. The lowest BCUT2D eigenvalue weighted by Crippen LogP contribution is -2.13. The molecule has 0 amide bonds. The van der Waals surface area contributed by atoms with Gasteiger partial charge in [0.1, 0.15) is 5.84 Å². The molecule has 3 nitrogen and oxygen atoms in total. The van der Waals surface area contributed by atoms with Crippen molar-refractivity contribution < 1.29 is 0 Å². The smallest absolute Gasteiger partial charge is 0.123 e. The molecule has 5 heteroatoms. The van der Waals surface area contributed by atoms with Crippen molar-refractivity contribution >= 4 is 33.5 Å². The van der Waals surface area contributed by atoms with Crippen molar-refractivity contribution in [1.29, 1.82) is 5.41 Å². The summed E-state index contributed by atoms with van der Waals surface area (Å²) in [7, 11) is 0. The third kappa shape index (κ3) is 3.34. The van der Waals surface area contributed by atoms with Gasteiger partial charge in [-0.3, -0.25) is 5.41 Å². The number of hydrogen-bond donors (Lipinski definition) is 2. The predicted octanol–water partition coefficient (Wildman–Crippen LogP) is 3.42. The lowest BCUT2D eigenvalue weighted by molar-refractivity contribution is 1.12. The molecular formula is C13H12BrN3S. The molecule has 3 N–H and O–H groups in total. The topological polar surface area (TPSA) is 62.8 Å². The second-order valence-corrected chi connectivity index (χ2v) is 5.59. The summed E-state index contributed by atoms with van der Waals surface area (Å²) < 4.78 is 0.969. The summed E-state index contributed by atoms with van der Waals surface area (Å²) >= 11 is 4.99. The minimum Gasteiger partial charge on any atom is -0.384 e. The highest BCUT2D eigenvalue weighted by atomic mass is 79.9. The standard InChI is InChI=1S/C13H12BrN3S/c14-10-5-6-12(17-7-10)18-8-9-3-1-2-4-11(9)13(15)16/h1-7H,8H2,(H3,15,16). The number of rotatable bonds is 4. The summed E-state index contributed by atoms with van der Waals surface area (Å²) in [5.41, 5.74) is 7.40. The van der Waals surface area contributed by atoms with Crippen LogP contribution in [0.4, 0.5) is 0 Å².